The molecule has 1 rings (SSSR count). The van der Waals surface area contributed by atoms with Crippen molar-refractivity contribution in [1.82, 2.24) is 15.3 Å². The standard InChI is InChI=1S/C11H19N3/c1-5-10(9(3)12-4)11-6-8(2)13-7-14-11/h6-7,9-10,12H,5H2,1-4H3. The van der Waals surface area contributed by atoms with Crippen LogP contribution in [-0.2, 0) is 0 Å². The molecule has 0 radical (unpaired) electrons. The van der Waals surface area contributed by atoms with Gasteiger partial charge in [-0.15, -0.1) is 0 Å². The Labute approximate surface area is 86.0 Å². The molecule has 0 aliphatic rings. The molecule has 78 valence electrons. The molecule has 0 saturated carbocycles. The average Bonchev–Trinajstić information content (AvgIpc) is 2.19. The summed E-state index contributed by atoms with van der Waals surface area (Å²) in [5.74, 6) is 0.474. The van der Waals surface area contributed by atoms with E-state index in [1.165, 1.54) is 0 Å². The molecule has 0 fully saturated rings. The van der Waals surface area contributed by atoms with Gasteiger partial charge in [0, 0.05) is 23.3 Å². The lowest BCUT2D eigenvalue weighted by molar-refractivity contribution is 0.473. The normalized spacial score (nSPS) is 15.1. The summed E-state index contributed by atoms with van der Waals surface area (Å²) in [6.45, 7) is 6.38. The number of aromatic nitrogens is 2. The van der Waals surface area contributed by atoms with E-state index in [0.717, 1.165) is 17.8 Å². The minimum atomic E-state index is 0.453. The highest BCUT2D eigenvalue weighted by Crippen LogP contribution is 2.21. The lowest BCUT2D eigenvalue weighted by Gasteiger charge is -2.21. The minimum absolute atomic E-state index is 0.453. The van der Waals surface area contributed by atoms with Gasteiger partial charge in [0.25, 0.3) is 0 Å². The highest BCUT2D eigenvalue weighted by atomic mass is 14.9. The third-order valence-electron chi connectivity index (χ3n) is 2.70. The highest BCUT2D eigenvalue weighted by molar-refractivity contribution is 5.13. The van der Waals surface area contributed by atoms with Crippen LogP contribution in [0.5, 0.6) is 0 Å². The second kappa shape index (κ2) is 5.05. The molecule has 0 spiro atoms. The van der Waals surface area contributed by atoms with Crippen LogP contribution in [0, 0.1) is 6.92 Å². The van der Waals surface area contributed by atoms with Crippen LogP contribution in [0.15, 0.2) is 12.4 Å². The SMILES string of the molecule is CCC(c1cc(C)ncn1)C(C)NC. The molecule has 1 aromatic heterocycles. The Morgan fingerprint density at radius 2 is 2.14 bits per heavy atom. The summed E-state index contributed by atoms with van der Waals surface area (Å²) in [7, 11) is 1.99. The van der Waals surface area contributed by atoms with Crippen LogP contribution in [0.3, 0.4) is 0 Å². The minimum Gasteiger partial charge on any atom is -0.317 e. The van der Waals surface area contributed by atoms with Crippen LogP contribution in [0.25, 0.3) is 0 Å². The molecule has 1 aromatic rings. The Bertz CT molecular complexity index is 286. The van der Waals surface area contributed by atoms with Crippen LogP contribution < -0.4 is 5.32 Å². The monoisotopic (exact) mass is 193 g/mol. The first-order valence-electron chi connectivity index (χ1n) is 5.14. The zero-order valence-corrected chi connectivity index (χ0v) is 9.41. The van der Waals surface area contributed by atoms with Gasteiger partial charge in [0.1, 0.15) is 6.33 Å². The topological polar surface area (TPSA) is 37.8 Å². The second-order valence-corrected chi connectivity index (χ2v) is 3.68. The van der Waals surface area contributed by atoms with Crippen LogP contribution in [-0.4, -0.2) is 23.1 Å². The quantitative estimate of drug-likeness (QED) is 0.793. The summed E-state index contributed by atoms with van der Waals surface area (Å²) in [4.78, 5) is 8.44. The molecule has 2 atom stereocenters. The van der Waals surface area contributed by atoms with Gasteiger partial charge in [0.2, 0.25) is 0 Å². The lowest BCUT2D eigenvalue weighted by atomic mass is 9.94. The smallest absolute Gasteiger partial charge is 0.115 e. The van der Waals surface area contributed by atoms with Gasteiger partial charge >= 0.3 is 0 Å². The lowest BCUT2D eigenvalue weighted by Crippen LogP contribution is -2.29. The summed E-state index contributed by atoms with van der Waals surface area (Å²) in [5, 5.41) is 3.27. The summed E-state index contributed by atoms with van der Waals surface area (Å²) in [6.07, 6.45) is 2.74. The second-order valence-electron chi connectivity index (χ2n) is 3.68. The number of hydrogen-bond donors (Lipinski definition) is 1. The van der Waals surface area contributed by atoms with Gasteiger partial charge in [0.15, 0.2) is 0 Å². The van der Waals surface area contributed by atoms with Crippen molar-refractivity contribution < 1.29 is 0 Å². The first-order valence-corrected chi connectivity index (χ1v) is 5.14. The molecule has 1 heterocycles. The summed E-state index contributed by atoms with van der Waals surface area (Å²) < 4.78 is 0. The van der Waals surface area contributed by atoms with E-state index in [2.05, 4.69) is 35.2 Å². The van der Waals surface area contributed by atoms with Crippen molar-refractivity contribution in [3.8, 4) is 0 Å². The molecule has 0 saturated heterocycles. The predicted octanol–water partition coefficient (Wildman–Crippen LogP) is 1.89. The molecular weight excluding hydrogens is 174 g/mol. The number of aryl methyl sites for hydroxylation is 1. The Morgan fingerprint density at radius 3 is 2.64 bits per heavy atom. The van der Waals surface area contributed by atoms with Crippen molar-refractivity contribution in [3.05, 3.63) is 23.8 Å². The van der Waals surface area contributed by atoms with Crippen molar-refractivity contribution in [1.29, 1.82) is 0 Å². The van der Waals surface area contributed by atoms with E-state index in [1.807, 2.05) is 14.0 Å². The Hall–Kier alpha value is -0.960. The number of nitrogens with zero attached hydrogens (tertiary/aromatic N) is 2. The van der Waals surface area contributed by atoms with Gasteiger partial charge in [-0.25, -0.2) is 9.97 Å². The van der Waals surface area contributed by atoms with E-state index in [0.29, 0.717) is 12.0 Å². The van der Waals surface area contributed by atoms with Crippen molar-refractivity contribution >= 4 is 0 Å². The summed E-state index contributed by atoms with van der Waals surface area (Å²) >= 11 is 0. The third-order valence-corrected chi connectivity index (χ3v) is 2.70. The zero-order valence-electron chi connectivity index (χ0n) is 9.41. The van der Waals surface area contributed by atoms with Gasteiger partial charge in [-0.2, -0.15) is 0 Å². The molecule has 3 heteroatoms. The van der Waals surface area contributed by atoms with Crippen molar-refractivity contribution in [2.24, 2.45) is 0 Å². The number of hydrogen-bond acceptors (Lipinski definition) is 3. The maximum absolute atomic E-state index is 4.33. The molecule has 0 aromatic carbocycles. The fourth-order valence-corrected chi connectivity index (χ4v) is 1.70. The molecule has 2 unspecified atom stereocenters. The first kappa shape index (κ1) is 11.1. The van der Waals surface area contributed by atoms with Gasteiger partial charge in [-0.05, 0) is 33.4 Å². The number of rotatable bonds is 4. The largest absolute Gasteiger partial charge is 0.317 e. The Kier molecular flexibility index (Phi) is 4.01. The molecule has 0 aliphatic heterocycles. The molecule has 1 N–H and O–H groups in total. The maximum Gasteiger partial charge on any atom is 0.115 e. The Morgan fingerprint density at radius 1 is 1.43 bits per heavy atom. The van der Waals surface area contributed by atoms with Crippen LogP contribution in [0.2, 0.25) is 0 Å². The van der Waals surface area contributed by atoms with E-state index in [9.17, 15) is 0 Å². The van der Waals surface area contributed by atoms with Gasteiger partial charge in [0.05, 0.1) is 0 Å². The van der Waals surface area contributed by atoms with Crippen LogP contribution >= 0.6 is 0 Å². The first-order chi connectivity index (χ1) is 6.69. The zero-order chi connectivity index (χ0) is 10.6. The van der Waals surface area contributed by atoms with E-state index in [1.54, 1.807) is 6.33 Å². The fourth-order valence-electron chi connectivity index (χ4n) is 1.70. The molecule has 3 nitrogen and oxygen atoms in total. The highest BCUT2D eigenvalue weighted by Gasteiger charge is 2.17. The molecule has 0 amide bonds. The van der Waals surface area contributed by atoms with Gasteiger partial charge < -0.3 is 5.32 Å². The molecule has 0 bridgehead atoms. The van der Waals surface area contributed by atoms with Gasteiger partial charge in [-0.3, -0.25) is 0 Å². The summed E-state index contributed by atoms with van der Waals surface area (Å²) in [6, 6.07) is 2.52. The average molecular weight is 193 g/mol. The number of nitrogens with one attached hydrogen (secondary N) is 1. The van der Waals surface area contributed by atoms with Crippen molar-refractivity contribution in [2.75, 3.05) is 7.05 Å². The van der Waals surface area contributed by atoms with Crippen LogP contribution in [0.4, 0.5) is 0 Å². The fraction of sp³-hybridized carbons (Fsp3) is 0.636. The Balaban J connectivity index is 2.89. The van der Waals surface area contributed by atoms with Crippen molar-refractivity contribution in [2.45, 2.75) is 39.2 Å². The maximum atomic E-state index is 4.33. The predicted molar refractivity (Wildman–Crippen MR) is 58.3 cm³/mol. The van der Waals surface area contributed by atoms with Gasteiger partial charge in [-0.1, -0.05) is 6.92 Å². The molecule has 14 heavy (non-hydrogen) atoms. The summed E-state index contributed by atoms with van der Waals surface area (Å²) in [5.41, 5.74) is 2.18. The van der Waals surface area contributed by atoms with E-state index < -0.39 is 0 Å². The third kappa shape index (κ3) is 2.51. The number of likely N-dealkylation sites (N-methyl/N-ethyl adjacent to an activating group) is 1. The molecule has 0 aliphatic carbocycles. The van der Waals surface area contributed by atoms with E-state index in [4.69, 9.17) is 0 Å². The molecular formula is C11H19N3. The van der Waals surface area contributed by atoms with E-state index in [-0.39, 0.29) is 0 Å². The van der Waals surface area contributed by atoms with Crippen LogP contribution in [0.1, 0.15) is 37.6 Å². The van der Waals surface area contributed by atoms with E-state index >= 15 is 0 Å². The van der Waals surface area contributed by atoms with Crippen molar-refractivity contribution in [3.63, 3.8) is 0 Å².